The largest absolute Gasteiger partial charge is 0.493 e. The molecule has 2 aromatic carbocycles. The van der Waals surface area contributed by atoms with E-state index in [1.54, 1.807) is 25.3 Å². The van der Waals surface area contributed by atoms with Gasteiger partial charge in [0.1, 0.15) is 5.82 Å². The number of methoxy groups -OCH3 is 2. The van der Waals surface area contributed by atoms with Crippen LogP contribution in [0, 0.1) is 5.82 Å². The Hall–Kier alpha value is -3.09. The molecule has 2 rings (SSSR count). The number of ether oxygens (including phenoxy) is 2. The highest BCUT2D eigenvalue weighted by molar-refractivity contribution is 5.96. The molecule has 0 saturated heterocycles. The molecule has 2 amide bonds. The quantitative estimate of drug-likeness (QED) is 0.803. The molecule has 0 aliphatic heterocycles. The molecule has 0 aliphatic rings. The van der Waals surface area contributed by atoms with Crippen molar-refractivity contribution >= 4 is 11.8 Å². The van der Waals surface area contributed by atoms with Crippen LogP contribution in [0.1, 0.15) is 15.9 Å². The lowest BCUT2D eigenvalue weighted by Gasteiger charge is -2.11. The molecule has 0 bridgehead atoms. The predicted molar refractivity (Wildman–Crippen MR) is 90.1 cm³/mol. The third-order valence-electron chi connectivity index (χ3n) is 3.45. The van der Waals surface area contributed by atoms with E-state index in [0.717, 1.165) is 5.56 Å². The van der Waals surface area contributed by atoms with E-state index in [4.69, 9.17) is 9.47 Å². The van der Waals surface area contributed by atoms with E-state index in [-0.39, 0.29) is 24.6 Å². The van der Waals surface area contributed by atoms with Crippen molar-refractivity contribution in [1.29, 1.82) is 0 Å². The summed E-state index contributed by atoms with van der Waals surface area (Å²) >= 11 is 0. The summed E-state index contributed by atoms with van der Waals surface area (Å²) in [6.07, 6.45) is 0. The van der Waals surface area contributed by atoms with Crippen LogP contribution in [-0.2, 0) is 11.3 Å². The van der Waals surface area contributed by atoms with Crippen molar-refractivity contribution in [3.63, 3.8) is 0 Å². The van der Waals surface area contributed by atoms with Crippen molar-refractivity contribution in [2.24, 2.45) is 0 Å². The van der Waals surface area contributed by atoms with Crippen molar-refractivity contribution in [2.75, 3.05) is 20.8 Å². The first kappa shape index (κ1) is 18.3. The molecule has 25 heavy (non-hydrogen) atoms. The van der Waals surface area contributed by atoms with Crippen LogP contribution >= 0.6 is 0 Å². The first-order valence-electron chi connectivity index (χ1n) is 7.55. The first-order valence-corrected chi connectivity index (χ1v) is 7.55. The number of rotatable bonds is 7. The Labute approximate surface area is 144 Å². The number of hydrogen-bond acceptors (Lipinski definition) is 4. The van der Waals surface area contributed by atoms with Crippen molar-refractivity contribution in [3.8, 4) is 11.5 Å². The fourth-order valence-electron chi connectivity index (χ4n) is 2.12. The highest BCUT2D eigenvalue weighted by Crippen LogP contribution is 2.27. The number of hydrogen-bond donors (Lipinski definition) is 2. The Morgan fingerprint density at radius 2 is 1.64 bits per heavy atom. The zero-order chi connectivity index (χ0) is 18.2. The van der Waals surface area contributed by atoms with Gasteiger partial charge in [-0.2, -0.15) is 0 Å². The number of halogens is 1. The van der Waals surface area contributed by atoms with Crippen molar-refractivity contribution < 1.29 is 23.5 Å². The molecular formula is C18H19FN2O4. The maximum absolute atomic E-state index is 12.8. The summed E-state index contributed by atoms with van der Waals surface area (Å²) in [5.74, 6) is -0.0428. The summed E-state index contributed by atoms with van der Waals surface area (Å²) in [6, 6.07) is 10.4. The van der Waals surface area contributed by atoms with Gasteiger partial charge in [0.15, 0.2) is 11.5 Å². The number of benzene rings is 2. The molecule has 0 saturated carbocycles. The molecule has 2 N–H and O–H groups in total. The molecule has 0 spiro atoms. The molecule has 0 atom stereocenters. The minimum absolute atomic E-state index is 0.177. The monoisotopic (exact) mass is 346 g/mol. The molecule has 0 aromatic heterocycles. The zero-order valence-electron chi connectivity index (χ0n) is 14.0. The van der Waals surface area contributed by atoms with Crippen LogP contribution in [0.15, 0.2) is 42.5 Å². The number of nitrogens with one attached hydrogen (secondary N) is 2. The normalized spacial score (nSPS) is 10.0. The van der Waals surface area contributed by atoms with Gasteiger partial charge in [-0.3, -0.25) is 9.59 Å². The summed E-state index contributed by atoms with van der Waals surface area (Å²) in [5, 5.41) is 5.17. The van der Waals surface area contributed by atoms with E-state index in [1.807, 2.05) is 0 Å². The van der Waals surface area contributed by atoms with Crippen LogP contribution in [-0.4, -0.2) is 32.6 Å². The Morgan fingerprint density at radius 3 is 2.28 bits per heavy atom. The van der Waals surface area contributed by atoms with E-state index in [2.05, 4.69) is 10.6 Å². The van der Waals surface area contributed by atoms with Gasteiger partial charge in [-0.15, -0.1) is 0 Å². The smallest absolute Gasteiger partial charge is 0.251 e. The Balaban J connectivity index is 1.82. The standard InChI is InChI=1S/C18H19FN2O4/c1-24-15-8-3-12(9-16(15)25-2)10-20-17(22)11-21-18(23)13-4-6-14(19)7-5-13/h3-9H,10-11H2,1-2H3,(H,20,22)(H,21,23). The third-order valence-corrected chi connectivity index (χ3v) is 3.45. The van der Waals surface area contributed by atoms with Crippen molar-refractivity contribution in [3.05, 3.63) is 59.4 Å². The fraction of sp³-hybridized carbons (Fsp3) is 0.222. The predicted octanol–water partition coefficient (Wildman–Crippen LogP) is 1.89. The molecule has 2 aromatic rings. The molecule has 0 aliphatic carbocycles. The zero-order valence-corrected chi connectivity index (χ0v) is 14.0. The third kappa shape index (κ3) is 5.20. The summed E-state index contributed by atoms with van der Waals surface area (Å²) in [6.45, 7) is 0.106. The van der Waals surface area contributed by atoms with Crippen LogP contribution in [0.5, 0.6) is 11.5 Å². The lowest BCUT2D eigenvalue weighted by atomic mass is 10.2. The van der Waals surface area contributed by atoms with Gasteiger partial charge in [0.25, 0.3) is 5.91 Å². The average Bonchev–Trinajstić information content (AvgIpc) is 2.64. The van der Waals surface area contributed by atoms with Crippen LogP contribution in [0.25, 0.3) is 0 Å². The van der Waals surface area contributed by atoms with E-state index in [9.17, 15) is 14.0 Å². The molecule has 132 valence electrons. The maximum Gasteiger partial charge on any atom is 0.251 e. The van der Waals surface area contributed by atoms with E-state index in [1.165, 1.54) is 31.4 Å². The second-order valence-corrected chi connectivity index (χ2v) is 5.16. The summed E-state index contributed by atoms with van der Waals surface area (Å²) in [7, 11) is 3.08. The Kier molecular flexibility index (Phi) is 6.33. The summed E-state index contributed by atoms with van der Waals surface area (Å²) < 4.78 is 23.2. The van der Waals surface area contributed by atoms with E-state index in [0.29, 0.717) is 11.5 Å². The topological polar surface area (TPSA) is 76.7 Å². The van der Waals surface area contributed by atoms with Gasteiger partial charge in [-0.1, -0.05) is 6.07 Å². The van der Waals surface area contributed by atoms with Gasteiger partial charge in [0, 0.05) is 12.1 Å². The van der Waals surface area contributed by atoms with Gasteiger partial charge in [0.2, 0.25) is 5.91 Å². The highest BCUT2D eigenvalue weighted by atomic mass is 19.1. The lowest BCUT2D eigenvalue weighted by molar-refractivity contribution is -0.120. The van der Waals surface area contributed by atoms with E-state index < -0.39 is 11.7 Å². The van der Waals surface area contributed by atoms with Crippen LogP contribution in [0.2, 0.25) is 0 Å². The van der Waals surface area contributed by atoms with Gasteiger partial charge < -0.3 is 20.1 Å². The summed E-state index contributed by atoms with van der Waals surface area (Å²) in [5.41, 5.74) is 1.12. The Bertz CT molecular complexity index is 747. The van der Waals surface area contributed by atoms with Gasteiger partial charge in [-0.05, 0) is 42.0 Å². The highest BCUT2D eigenvalue weighted by Gasteiger charge is 2.09. The number of amides is 2. The van der Waals surface area contributed by atoms with E-state index >= 15 is 0 Å². The fourth-order valence-corrected chi connectivity index (χ4v) is 2.12. The molecule has 7 heteroatoms. The first-order chi connectivity index (χ1) is 12.0. The van der Waals surface area contributed by atoms with Crippen molar-refractivity contribution in [1.82, 2.24) is 10.6 Å². The van der Waals surface area contributed by atoms with Crippen LogP contribution in [0.3, 0.4) is 0 Å². The van der Waals surface area contributed by atoms with Crippen molar-refractivity contribution in [2.45, 2.75) is 6.54 Å². The minimum Gasteiger partial charge on any atom is -0.493 e. The van der Waals surface area contributed by atoms with Crippen LogP contribution < -0.4 is 20.1 Å². The Morgan fingerprint density at radius 1 is 0.960 bits per heavy atom. The van der Waals surface area contributed by atoms with Crippen LogP contribution in [0.4, 0.5) is 4.39 Å². The minimum atomic E-state index is -0.443. The molecule has 6 nitrogen and oxygen atoms in total. The molecular weight excluding hydrogens is 327 g/mol. The van der Waals surface area contributed by atoms with Gasteiger partial charge >= 0.3 is 0 Å². The van der Waals surface area contributed by atoms with Gasteiger partial charge in [0.05, 0.1) is 20.8 Å². The maximum atomic E-state index is 12.8. The number of carbonyl (C=O) groups excluding carboxylic acids is 2. The number of carbonyl (C=O) groups is 2. The summed E-state index contributed by atoms with van der Waals surface area (Å²) in [4.78, 5) is 23.7. The molecule has 0 fully saturated rings. The lowest BCUT2D eigenvalue weighted by Crippen LogP contribution is -2.36. The molecule has 0 unspecified atom stereocenters. The molecule has 0 heterocycles. The second kappa shape index (κ2) is 8.68. The average molecular weight is 346 g/mol. The van der Waals surface area contributed by atoms with Gasteiger partial charge in [-0.25, -0.2) is 4.39 Å². The SMILES string of the molecule is COc1ccc(CNC(=O)CNC(=O)c2ccc(F)cc2)cc1OC. The molecule has 0 radical (unpaired) electrons. The second-order valence-electron chi connectivity index (χ2n) is 5.16.